The van der Waals surface area contributed by atoms with Gasteiger partial charge in [-0.2, -0.15) is 5.10 Å². The lowest BCUT2D eigenvalue weighted by molar-refractivity contribution is -0.133. The molecule has 0 radical (unpaired) electrons. The molecule has 0 bridgehead atoms. The van der Waals surface area contributed by atoms with E-state index in [1.54, 1.807) is 56.9 Å². The summed E-state index contributed by atoms with van der Waals surface area (Å²) in [5, 5.41) is 8.15. The van der Waals surface area contributed by atoms with Crippen molar-refractivity contribution in [1.29, 1.82) is 0 Å². The van der Waals surface area contributed by atoms with Crippen molar-refractivity contribution in [1.82, 2.24) is 9.91 Å². The fraction of sp³-hybridized carbons (Fsp3) is 0.240. The number of rotatable bonds is 7. The van der Waals surface area contributed by atoms with Gasteiger partial charge >= 0.3 is 0 Å². The third-order valence-electron chi connectivity index (χ3n) is 5.53. The average molecular weight is 464 g/mol. The van der Waals surface area contributed by atoms with Crippen molar-refractivity contribution in [2.75, 3.05) is 27.8 Å². The summed E-state index contributed by atoms with van der Waals surface area (Å²) in [5.41, 5.74) is 2.21. The van der Waals surface area contributed by atoms with Crippen LogP contribution in [0.3, 0.4) is 0 Å². The molecule has 0 saturated carbocycles. The van der Waals surface area contributed by atoms with Gasteiger partial charge in [-0.05, 0) is 41.8 Å². The molecule has 1 aliphatic rings. The minimum Gasteiger partial charge on any atom is -0.497 e. The van der Waals surface area contributed by atoms with E-state index in [4.69, 9.17) is 9.47 Å². The van der Waals surface area contributed by atoms with Crippen molar-refractivity contribution in [3.8, 4) is 11.5 Å². The Morgan fingerprint density at radius 2 is 1.82 bits per heavy atom. The van der Waals surface area contributed by atoms with Crippen molar-refractivity contribution in [2.45, 2.75) is 12.5 Å². The summed E-state index contributed by atoms with van der Waals surface area (Å²) in [7, 11) is 4.80. The first-order valence-electron chi connectivity index (χ1n) is 10.5. The van der Waals surface area contributed by atoms with Crippen molar-refractivity contribution >= 4 is 28.9 Å². The fourth-order valence-electron chi connectivity index (χ4n) is 3.82. The van der Waals surface area contributed by atoms with Gasteiger partial charge in [-0.3, -0.25) is 9.59 Å². The Hall–Kier alpha value is -3.65. The maximum absolute atomic E-state index is 13.4. The molecule has 1 aliphatic heterocycles. The maximum atomic E-state index is 13.4. The highest BCUT2D eigenvalue weighted by Crippen LogP contribution is 2.38. The van der Waals surface area contributed by atoms with Gasteiger partial charge in [0.05, 0.1) is 30.9 Å². The molecule has 1 atom stereocenters. The van der Waals surface area contributed by atoms with E-state index in [0.29, 0.717) is 23.5 Å². The smallest absolute Gasteiger partial charge is 0.262 e. The van der Waals surface area contributed by atoms with Gasteiger partial charge in [-0.1, -0.05) is 24.3 Å². The first-order valence-corrected chi connectivity index (χ1v) is 11.4. The summed E-state index contributed by atoms with van der Waals surface area (Å²) in [5.74, 6) is 0.853. The second-order valence-electron chi connectivity index (χ2n) is 7.61. The number of ether oxygens (including phenoxy) is 2. The summed E-state index contributed by atoms with van der Waals surface area (Å²) in [6, 6.07) is 18.1. The second kappa shape index (κ2) is 9.87. The van der Waals surface area contributed by atoms with Crippen LogP contribution in [0.15, 0.2) is 71.1 Å². The molecule has 8 heteroatoms. The molecule has 0 aliphatic carbocycles. The number of carbonyl (C=O) groups excluding carboxylic acids is 2. The Kier molecular flexibility index (Phi) is 6.74. The van der Waals surface area contributed by atoms with Gasteiger partial charge in [0.15, 0.2) is 0 Å². The first kappa shape index (κ1) is 22.5. The minimum absolute atomic E-state index is 0.0995. The van der Waals surface area contributed by atoms with E-state index in [-0.39, 0.29) is 24.4 Å². The van der Waals surface area contributed by atoms with E-state index in [9.17, 15) is 9.59 Å². The van der Waals surface area contributed by atoms with Crippen LogP contribution in [0.2, 0.25) is 0 Å². The van der Waals surface area contributed by atoms with Gasteiger partial charge in [0.25, 0.3) is 11.8 Å². The zero-order valence-corrected chi connectivity index (χ0v) is 19.5. The normalized spacial score (nSPS) is 15.2. The predicted molar refractivity (Wildman–Crippen MR) is 128 cm³/mol. The lowest BCUT2D eigenvalue weighted by atomic mass is 10.00. The Morgan fingerprint density at radius 3 is 2.48 bits per heavy atom. The van der Waals surface area contributed by atoms with Crippen LogP contribution in [0.25, 0.3) is 0 Å². The number of likely N-dealkylation sites (N-methyl/N-ethyl adjacent to an activating group) is 1. The Balaban J connectivity index is 1.57. The van der Waals surface area contributed by atoms with Crippen LogP contribution in [0.4, 0.5) is 0 Å². The Morgan fingerprint density at radius 1 is 1.06 bits per heavy atom. The fourth-order valence-corrected chi connectivity index (χ4v) is 4.54. The zero-order valence-electron chi connectivity index (χ0n) is 18.7. The standard InChI is InChI=1S/C25H25N3O4S/c1-27(25(30)17-10-12-18(31-2)13-11-17)16-24(29)28-21(19-7-4-5-8-22(19)32-3)15-20(26-28)23-9-6-14-33-23/h4-14,21H,15-16H2,1-3H3/t21-/m1/s1. The van der Waals surface area contributed by atoms with Crippen molar-refractivity contribution in [3.05, 3.63) is 82.0 Å². The molecule has 0 N–H and O–H groups in total. The predicted octanol–water partition coefficient (Wildman–Crippen LogP) is 4.22. The quantitative estimate of drug-likeness (QED) is 0.526. The number of hydrogen-bond acceptors (Lipinski definition) is 6. The number of hydrazone groups is 1. The van der Waals surface area contributed by atoms with Crippen molar-refractivity contribution in [3.63, 3.8) is 0 Å². The summed E-state index contributed by atoms with van der Waals surface area (Å²) >= 11 is 1.59. The number of methoxy groups -OCH3 is 2. The van der Waals surface area contributed by atoms with Crippen LogP contribution in [-0.2, 0) is 4.79 Å². The highest BCUT2D eigenvalue weighted by Gasteiger charge is 2.35. The SMILES string of the molecule is COc1ccc(C(=O)N(C)CC(=O)N2N=C(c3cccs3)C[C@@H]2c2ccccc2OC)cc1. The maximum Gasteiger partial charge on any atom is 0.262 e. The molecule has 3 aromatic rings. The number of benzene rings is 2. The molecule has 1 aromatic heterocycles. The van der Waals surface area contributed by atoms with E-state index in [2.05, 4.69) is 5.10 Å². The van der Waals surface area contributed by atoms with Crippen LogP contribution in [0.1, 0.15) is 33.3 Å². The Bertz CT molecular complexity index is 1160. The van der Waals surface area contributed by atoms with Crippen LogP contribution < -0.4 is 9.47 Å². The first-order chi connectivity index (χ1) is 16.0. The third-order valence-corrected chi connectivity index (χ3v) is 6.44. The molecule has 170 valence electrons. The number of amides is 2. The lowest BCUT2D eigenvalue weighted by Gasteiger charge is -2.26. The van der Waals surface area contributed by atoms with Crippen molar-refractivity contribution < 1.29 is 19.1 Å². The van der Waals surface area contributed by atoms with Gasteiger partial charge in [0.2, 0.25) is 0 Å². The van der Waals surface area contributed by atoms with Gasteiger partial charge in [-0.15, -0.1) is 11.3 Å². The number of thiophene rings is 1. The number of carbonyl (C=O) groups is 2. The van der Waals surface area contributed by atoms with Crippen LogP contribution in [0, 0.1) is 0 Å². The van der Waals surface area contributed by atoms with Gasteiger partial charge in [-0.25, -0.2) is 5.01 Å². The van der Waals surface area contributed by atoms with Crippen LogP contribution in [-0.4, -0.2) is 55.2 Å². The summed E-state index contributed by atoms with van der Waals surface area (Å²) in [6.45, 7) is -0.0995. The topological polar surface area (TPSA) is 71.4 Å². The molecular formula is C25H25N3O4S. The van der Waals surface area contributed by atoms with Crippen molar-refractivity contribution in [2.24, 2.45) is 5.10 Å². The van der Waals surface area contributed by atoms with E-state index < -0.39 is 0 Å². The Labute approximate surface area is 196 Å². The molecule has 0 saturated heterocycles. The van der Waals surface area contributed by atoms with E-state index in [0.717, 1.165) is 16.2 Å². The largest absolute Gasteiger partial charge is 0.497 e. The molecule has 7 nitrogen and oxygen atoms in total. The van der Waals surface area contributed by atoms with E-state index >= 15 is 0 Å². The molecule has 0 unspecified atom stereocenters. The van der Waals surface area contributed by atoms with Gasteiger partial charge < -0.3 is 14.4 Å². The number of nitrogens with zero attached hydrogens (tertiary/aromatic N) is 3. The second-order valence-corrected chi connectivity index (χ2v) is 8.56. The molecule has 2 aromatic carbocycles. The minimum atomic E-state index is -0.310. The molecular weight excluding hydrogens is 438 g/mol. The number of para-hydroxylation sites is 1. The van der Waals surface area contributed by atoms with Gasteiger partial charge in [0, 0.05) is 24.6 Å². The van der Waals surface area contributed by atoms with Gasteiger partial charge in [0.1, 0.15) is 18.0 Å². The highest BCUT2D eigenvalue weighted by molar-refractivity contribution is 7.12. The monoisotopic (exact) mass is 463 g/mol. The highest BCUT2D eigenvalue weighted by atomic mass is 32.1. The zero-order chi connectivity index (χ0) is 23.4. The number of hydrogen-bond donors (Lipinski definition) is 0. The molecule has 2 heterocycles. The summed E-state index contributed by atoms with van der Waals surface area (Å²) < 4.78 is 10.7. The van der Waals surface area contributed by atoms with E-state index in [1.807, 2.05) is 41.8 Å². The van der Waals surface area contributed by atoms with E-state index in [1.165, 1.54) is 9.91 Å². The molecule has 0 spiro atoms. The molecule has 0 fully saturated rings. The lowest BCUT2D eigenvalue weighted by Crippen LogP contribution is -2.39. The summed E-state index contributed by atoms with van der Waals surface area (Å²) in [6.07, 6.45) is 0.572. The molecule has 2 amide bonds. The van der Waals surface area contributed by atoms with Crippen LogP contribution >= 0.6 is 11.3 Å². The summed E-state index contributed by atoms with van der Waals surface area (Å²) in [4.78, 5) is 28.6. The molecule has 33 heavy (non-hydrogen) atoms. The van der Waals surface area contributed by atoms with Crippen LogP contribution in [0.5, 0.6) is 11.5 Å². The third kappa shape index (κ3) is 4.75. The average Bonchev–Trinajstić information content (AvgIpc) is 3.54. The molecule has 4 rings (SSSR count).